The van der Waals surface area contributed by atoms with Gasteiger partial charge in [0, 0.05) is 13.2 Å². The molecule has 0 saturated carbocycles. The third-order valence-electron chi connectivity index (χ3n) is 2.23. The zero-order valence-electron chi connectivity index (χ0n) is 9.82. The molecule has 0 aliphatic heterocycles. The monoisotopic (exact) mass is 224 g/mol. The van der Waals surface area contributed by atoms with Gasteiger partial charge in [-0.15, -0.1) is 0 Å². The highest BCUT2D eigenvalue weighted by molar-refractivity contribution is 6.09. The van der Waals surface area contributed by atoms with Gasteiger partial charge in [0.1, 0.15) is 5.91 Å². The highest BCUT2D eigenvalue weighted by Gasteiger charge is 2.07. The Hall–Kier alpha value is -0.643. The highest BCUT2D eigenvalue weighted by atomic mass is 28.1. The molecule has 0 spiro atoms. The third-order valence-corrected chi connectivity index (χ3v) is 2.90. The topological polar surface area (TPSA) is 18.5 Å². The van der Waals surface area contributed by atoms with Crippen molar-refractivity contribution in [1.29, 1.82) is 0 Å². The Morgan fingerprint density at radius 3 is 1.80 bits per heavy atom. The van der Waals surface area contributed by atoms with Gasteiger partial charge in [-0.25, -0.2) is 0 Å². The Bertz CT molecular complexity index is 253. The lowest BCUT2D eigenvalue weighted by molar-refractivity contribution is -0.0801. The van der Waals surface area contributed by atoms with Crippen LogP contribution in [0.2, 0.25) is 0 Å². The molecule has 0 radical (unpaired) electrons. The van der Waals surface area contributed by atoms with Crippen LogP contribution in [0.3, 0.4) is 0 Å². The summed E-state index contributed by atoms with van der Waals surface area (Å²) in [5.74, 6) is 0.102. The molecule has 0 aromatic carbocycles. The van der Waals surface area contributed by atoms with Gasteiger partial charge in [-0.05, 0) is 31.4 Å². The lowest BCUT2D eigenvalue weighted by Gasteiger charge is -2.09. The molecule has 0 saturated heterocycles. The smallest absolute Gasteiger partial charge is 0.131 e. The van der Waals surface area contributed by atoms with Gasteiger partial charge in [-0.2, -0.15) is 0 Å². The Morgan fingerprint density at radius 1 is 1.13 bits per heavy atom. The maximum absolute atomic E-state index is 5.12. The number of hydrogen-bond acceptors (Lipinski definition) is 2. The fourth-order valence-electron chi connectivity index (χ4n) is 1.53. The van der Waals surface area contributed by atoms with E-state index < -0.39 is 0 Å². The molecule has 2 nitrogen and oxygen atoms in total. The van der Waals surface area contributed by atoms with Gasteiger partial charge in [-0.1, -0.05) is 24.3 Å². The van der Waals surface area contributed by atoms with E-state index in [0.29, 0.717) is 0 Å². The van der Waals surface area contributed by atoms with E-state index in [9.17, 15) is 0 Å². The molecule has 0 amide bonds. The van der Waals surface area contributed by atoms with Crippen LogP contribution in [0.25, 0.3) is 0 Å². The van der Waals surface area contributed by atoms with Crippen LogP contribution in [0.5, 0.6) is 0 Å². The van der Waals surface area contributed by atoms with Crippen LogP contribution in [-0.2, 0) is 9.47 Å². The minimum Gasteiger partial charge on any atom is -0.358 e. The predicted octanol–water partition coefficient (Wildman–Crippen LogP) is 1.52. The molecule has 84 valence electrons. The normalized spacial score (nSPS) is 16.5. The van der Waals surface area contributed by atoms with Crippen molar-refractivity contribution in [2.24, 2.45) is 0 Å². The van der Waals surface area contributed by atoms with Crippen LogP contribution in [0.15, 0.2) is 35.5 Å². The Morgan fingerprint density at radius 2 is 1.60 bits per heavy atom. The van der Waals surface area contributed by atoms with E-state index in [1.54, 1.807) is 0 Å². The minimum atomic E-state index is 0.102. The second-order valence-corrected chi connectivity index (χ2v) is 4.41. The summed E-state index contributed by atoms with van der Waals surface area (Å²) in [5.41, 5.74) is 2.94. The summed E-state index contributed by atoms with van der Waals surface area (Å²) in [6.07, 6.45) is 9.90. The van der Waals surface area contributed by atoms with Crippen molar-refractivity contribution in [2.45, 2.75) is 26.2 Å². The summed E-state index contributed by atoms with van der Waals surface area (Å²) >= 11 is 0. The quantitative estimate of drug-likeness (QED) is 0.532. The number of allylic oxidation sites excluding steroid dienone is 6. The van der Waals surface area contributed by atoms with E-state index >= 15 is 0 Å². The lowest BCUT2D eigenvalue weighted by Crippen LogP contribution is -2.16. The van der Waals surface area contributed by atoms with Crippen molar-refractivity contribution in [2.75, 3.05) is 13.2 Å². The van der Waals surface area contributed by atoms with Crippen LogP contribution < -0.4 is 0 Å². The predicted molar refractivity (Wildman–Crippen MR) is 66.9 cm³/mol. The molecule has 2 bridgehead atoms. The molecule has 0 unspecified atom stereocenters. The molecule has 2 aliphatic rings. The Kier molecular flexibility index (Phi) is 5.61. The van der Waals surface area contributed by atoms with E-state index in [4.69, 9.17) is 9.47 Å². The molecule has 2 aliphatic carbocycles. The lowest BCUT2D eigenvalue weighted by atomic mass is 10.3. The van der Waals surface area contributed by atoms with E-state index in [1.165, 1.54) is 17.6 Å². The van der Waals surface area contributed by atoms with Crippen molar-refractivity contribution in [1.82, 2.24) is 0 Å². The molecule has 0 N–H and O–H groups in total. The molecule has 3 heteroatoms. The van der Waals surface area contributed by atoms with Crippen LogP contribution in [0.4, 0.5) is 0 Å². The maximum atomic E-state index is 5.12. The van der Waals surface area contributed by atoms with Gasteiger partial charge in [0.25, 0.3) is 0 Å². The largest absolute Gasteiger partial charge is 0.358 e. The van der Waals surface area contributed by atoms with E-state index in [2.05, 4.69) is 24.3 Å². The first-order valence-electron chi connectivity index (χ1n) is 5.57. The van der Waals surface area contributed by atoms with Gasteiger partial charge < -0.3 is 9.47 Å². The summed E-state index contributed by atoms with van der Waals surface area (Å²) in [4.78, 5) is 0. The molecule has 0 heterocycles. The van der Waals surface area contributed by atoms with Crippen LogP contribution in [0.1, 0.15) is 20.3 Å². The molecular formula is C12H20O2Si. The van der Waals surface area contributed by atoms with Crippen molar-refractivity contribution in [3.8, 4) is 0 Å². The first kappa shape index (κ1) is 12.4. The number of rotatable bonds is 4. The van der Waals surface area contributed by atoms with Crippen LogP contribution >= 0.6 is 0 Å². The summed E-state index contributed by atoms with van der Waals surface area (Å²) in [5, 5.41) is 0. The van der Waals surface area contributed by atoms with Gasteiger partial charge in [-0.3, -0.25) is 0 Å². The molecule has 2 rings (SSSR count). The fourth-order valence-corrected chi connectivity index (χ4v) is 2.19. The number of fused-ring (bicyclic) bond motifs is 2. The van der Waals surface area contributed by atoms with Crippen molar-refractivity contribution in [3.63, 3.8) is 0 Å². The number of ether oxygens (including phenoxy) is 2. The van der Waals surface area contributed by atoms with E-state index in [0.717, 1.165) is 23.5 Å². The summed E-state index contributed by atoms with van der Waals surface area (Å²) in [7, 11) is 0.964. The highest BCUT2D eigenvalue weighted by Crippen LogP contribution is 2.27. The zero-order chi connectivity index (χ0) is 11.1. The summed E-state index contributed by atoms with van der Waals surface area (Å²) < 4.78 is 10.2. The fraction of sp³-hybridized carbons (Fsp3) is 0.500. The third kappa shape index (κ3) is 4.60. The average Bonchev–Trinajstić information content (AvgIpc) is 2.82. The minimum absolute atomic E-state index is 0.102. The molecular weight excluding hydrogens is 204 g/mol. The Labute approximate surface area is 95.1 Å². The van der Waals surface area contributed by atoms with Crippen LogP contribution in [0, 0.1) is 0 Å². The van der Waals surface area contributed by atoms with Crippen LogP contribution in [-0.4, -0.2) is 29.4 Å². The second kappa shape index (κ2) is 6.77. The second-order valence-electron chi connectivity index (χ2n) is 3.47. The molecule has 0 aromatic rings. The van der Waals surface area contributed by atoms with E-state index in [-0.39, 0.29) is 5.91 Å². The first-order chi connectivity index (χ1) is 7.26. The van der Waals surface area contributed by atoms with Crippen molar-refractivity contribution >= 4 is 10.2 Å². The molecule has 0 fully saturated rings. The van der Waals surface area contributed by atoms with Gasteiger partial charge in [0.15, 0.2) is 0 Å². The summed E-state index contributed by atoms with van der Waals surface area (Å²) in [6.45, 7) is 5.47. The van der Waals surface area contributed by atoms with E-state index in [1.807, 2.05) is 13.8 Å². The van der Waals surface area contributed by atoms with Gasteiger partial charge in [0.05, 0.1) is 10.2 Å². The standard InChI is InChI=1S/C7H6.C5H14O2Si/c1-2-7-4-3-6(1)5-7;1-3-6-5(8)7-4-2/h1-4H,5H2;5H,3-4H2,1-2,8H3. The summed E-state index contributed by atoms with van der Waals surface area (Å²) in [6, 6.07) is 0. The SMILES string of the molecule is C1=CC2=CC=C1C2.CCOC([SiH3])OCC. The van der Waals surface area contributed by atoms with Crippen molar-refractivity contribution in [3.05, 3.63) is 35.5 Å². The zero-order valence-corrected chi connectivity index (χ0v) is 11.8. The maximum Gasteiger partial charge on any atom is 0.131 e. The average molecular weight is 224 g/mol. The molecule has 15 heavy (non-hydrogen) atoms. The van der Waals surface area contributed by atoms with Gasteiger partial charge >= 0.3 is 0 Å². The van der Waals surface area contributed by atoms with Gasteiger partial charge in [0.2, 0.25) is 0 Å². The first-order valence-corrected chi connectivity index (χ1v) is 6.72. The molecule has 0 aromatic heterocycles. The Balaban J connectivity index is 0.000000150. The molecule has 0 atom stereocenters. The van der Waals surface area contributed by atoms with Crippen molar-refractivity contribution < 1.29 is 9.47 Å². The number of hydrogen-bond donors (Lipinski definition) is 0.